The van der Waals surface area contributed by atoms with Gasteiger partial charge in [-0.1, -0.05) is 6.07 Å². The second-order valence-electron chi connectivity index (χ2n) is 4.78. The summed E-state index contributed by atoms with van der Waals surface area (Å²) in [5, 5.41) is 8.81. The van der Waals surface area contributed by atoms with Crippen LogP contribution in [-0.2, 0) is 0 Å². The molecule has 2 aromatic carbocycles. The highest BCUT2D eigenvalue weighted by molar-refractivity contribution is 9.10. The molecule has 4 heteroatoms. The quantitative estimate of drug-likeness (QED) is 0.754. The van der Waals surface area contributed by atoms with Gasteiger partial charge in [-0.15, -0.1) is 0 Å². The summed E-state index contributed by atoms with van der Waals surface area (Å²) < 4.78 is 12.1. The lowest BCUT2D eigenvalue weighted by atomic mass is 10.1. The van der Waals surface area contributed by atoms with Crippen molar-refractivity contribution in [1.29, 1.82) is 5.26 Å². The van der Waals surface area contributed by atoms with Gasteiger partial charge < -0.3 is 9.47 Å². The minimum Gasteiger partial charge on any atom is -0.490 e. The van der Waals surface area contributed by atoms with Gasteiger partial charge in [-0.25, -0.2) is 0 Å². The SMILES string of the molecule is Cc1cc(C)cc(OCCOc2ccc(C#N)cc2Br)c1. The van der Waals surface area contributed by atoms with Gasteiger partial charge in [0.05, 0.1) is 16.1 Å². The normalized spacial score (nSPS) is 10.0. The van der Waals surface area contributed by atoms with Crippen molar-refractivity contribution in [2.24, 2.45) is 0 Å². The smallest absolute Gasteiger partial charge is 0.133 e. The first kappa shape index (κ1) is 15.4. The Morgan fingerprint density at radius 2 is 1.67 bits per heavy atom. The minimum absolute atomic E-state index is 0.442. The highest BCUT2D eigenvalue weighted by Gasteiger charge is 2.03. The lowest BCUT2D eigenvalue weighted by Gasteiger charge is -2.10. The lowest BCUT2D eigenvalue weighted by molar-refractivity contribution is 0.216. The van der Waals surface area contributed by atoms with E-state index in [1.165, 1.54) is 11.1 Å². The third-order valence-electron chi connectivity index (χ3n) is 2.87. The maximum absolute atomic E-state index is 8.81. The molecule has 0 spiro atoms. The maximum atomic E-state index is 8.81. The van der Waals surface area contributed by atoms with Crippen LogP contribution < -0.4 is 9.47 Å². The predicted octanol–water partition coefficient (Wildman–Crippen LogP) is 4.40. The first-order valence-electron chi connectivity index (χ1n) is 6.62. The number of benzene rings is 2. The fraction of sp³-hybridized carbons (Fsp3) is 0.235. The molecule has 0 aromatic heterocycles. The van der Waals surface area contributed by atoms with Gasteiger partial charge in [0.1, 0.15) is 24.7 Å². The molecule has 0 aliphatic heterocycles. The number of nitrogens with zero attached hydrogens (tertiary/aromatic N) is 1. The number of hydrogen-bond donors (Lipinski definition) is 0. The van der Waals surface area contributed by atoms with Crippen LogP contribution in [0.3, 0.4) is 0 Å². The Morgan fingerprint density at radius 3 is 2.29 bits per heavy atom. The van der Waals surface area contributed by atoms with Crippen molar-refractivity contribution >= 4 is 15.9 Å². The number of ether oxygens (including phenoxy) is 2. The highest BCUT2D eigenvalue weighted by atomic mass is 79.9. The summed E-state index contributed by atoms with van der Waals surface area (Å²) in [6, 6.07) is 13.4. The number of rotatable bonds is 5. The monoisotopic (exact) mass is 345 g/mol. The lowest BCUT2D eigenvalue weighted by Crippen LogP contribution is -2.09. The summed E-state index contributed by atoms with van der Waals surface area (Å²) in [5.74, 6) is 1.56. The van der Waals surface area contributed by atoms with Crippen LogP contribution >= 0.6 is 15.9 Å². The minimum atomic E-state index is 0.442. The van der Waals surface area contributed by atoms with Crippen LogP contribution in [0.4, 0.5) is 0 Å². The Morgan fingerprint density at radius 1 is 1.00 bits per heavy atom. The molecule has 0 atom stereocenters. The van der Waals surface area contributed by atoms with E-state index in [9.17, 15) is 0 Å². The average molecular weight is 346 g/mol. The molecule has 0 saturated carbocycles. The van der Waals surface area contributed by atoms with E-state index in [-0.39, 0.29) is 0 Å². The molecule has 0 bridgehead atoms. The van der Waals surface area contributed by atoms with Crippen molar-refractivity contribution in [3.05, 3.63) is 57.6 Å². The van der Waals surface area contributed by atoms with E-state index in [2.05, 4.69) is 28.1 Å². The van der Waals surface area contributed by atoms with Gasteiger partial charge in [-0.05, 0) is 71.2 Å². The molecule has 0 saturated heterocycles. The standard InChI is InChI=1S/C17H16BrNO2/c1-12-7-13(2)9-15(8-12)20-5-6-21-17-4-3-14(11-19)10-16(17)18/h3-4,7-10H,5-6H2,1-2H3. The summed E-state index contributed by atoms with van der Waals surface area (Å²) >= 11 is 3.39. The van der Waals surface area contributed by atoms with Crippen molar-refractivity contribution in [1.82, 2.24) is 0 Å². The molecule has 108 valence electrons. The summed E-state index contributed by atoms with van der Waals surface area (Å²) in [5.41, 5.74) is 2.96. The molecule has 2 rings (SSSR count). The number of aryl methyl sites for hydroxylation is 2. The topological polar surface area (TPSA) is 42.2 Å². The molecule has 0 fully saturated rings. The van der Waals surface area contributed by atoms with Crippen molar-refractivity contribution < 1.29 is 9.47 Å². The second-order valence-corrected chi connectivity index (χ2v) is 5.63. The van der Waals surface area contributed by atoms with Crippen LogP contribution in [0.15, 0.2) is 40.9 Å². The van der Waals surface area contributed by atoms with Gasteiger partial charge in [0, 0.05) is 0 Å². The molecule has 0 N–H and O–H groups in total. The van der Waals surface area contributed by atoms with Crippen LogP contribution in [0.5, 0.6) is 11.5 Å². The maximum Gasteiger partial charge on any atom is 0.133 e. The molecule has 21 heavy (non-hydrogen) atoms. The van der Waals surface area contributed by atoms with Gasteiger partial charge in [0.15, 0.2) is 0 Å². The van der Waals surface area contributed by atoms with Gasteiger partial charge in [-0.2, -0.15) is 5.26 Å². The Labute approximate surface area is 133 Å². The van der Waals surface area contributed by atoms with Gasteiger partial charge >= 0.3 is 0 Å². The Kier molecular flexibility index (Phi) is 5.24. The van der Waals surface area contributed by atoms with E-state index in [0.717, 1.165) is 10.2 Å². The molecule has 0 aliphatic carbocycles. The summed E-state index contributed by atoms with van der Waals surface area (Å²) in [7, 11) is 0. The second kappa shape index (κ2) is 7.14. The van der Waals surface area contributed by atoms with Crippen molar-refractivity contribution in [3.63, 3.8) is 0 Å². The number of nitriles is 1. The van der Waals surface area contributed by atoms with Crippen molar-refractivity contribution in [2.45, 2.75) is 13.8 Å². The summed E-state index contributed by atoms with van der Waals surface area (Å²) in [6.07, 6.45) is 0. The van der Waals surface area contributed by atoms with Crippen molar-refractivity contribution in [2.75, 3.05) is 13.2 Å². The summed E-state index contributed by atoms with van der Waals surface area (Å²) in [4.78, 5) is 0. The van der Waals surface area contributed by atoms with E-state index >= 15 is 0 Å². The average Bonchev–Trinajstić information content (AvgIpc) is 2.43. The molecular weight excluding hydrogens is 330 g/mol. The molecule has 3 nitrogen and oxygen atoms in total. The Hall–Kier alpha value is -1.99. The van der Waals surface area contributed by atoms with E-state index in [1.807, 2.05) is 26.0 Å². The first-order chi connectivity index (χ1) is 10.1. The van der Waals surface area contributed by atoms with Crippen molar-refractivity contribution in [3.8, 4) is 17.6 Å². The first-order valence-corrected chi connectivity index (χ1v) is 7.41. The third-order valence-corrected chi connectivity index (χ3v) is 3.49. The fourth-order valence-corrected chi connectivity index (χ4v) is 2.51. The molecular formula is C17H16BrNO2. The van der Waals surface area contributed by atoms with Crippen LogP contribution in [0.2, 0.25) is 0 Å². The molecule has 0 aliphatic rings. The van der Waals surface area contributed by atoms with E-state index in [0.29, 0.717) is 24.5 Å². The van der Waals surface area contributed by atoms with Gasteiger partial charge in [0.2, 0.25) is 0 Å². The third kappa shape index (κ3) is 4.51. The van der Waals surface area contributed by atoms with E-state index in [1.54, 1.807) is 18.2 Å². The van der Waals surface area contributed by atoms with Gasteiger partial charge in [-0.3, -0.25) is 0 Å². The highest BCUT2D eigenvalue weighted by Crippen LogP contribution is 2.25. The molecule has 0 amide bonds. The van der Waals surface area contributed by atoms with Crippen LogP contribution in [-0.4, -0.2) is 13.2 Å². The van der Waals surface area contributed by atoms with Crippen LogP contribution in [0.1, 0.15) is 16.7 Å². The predicted molar refractivity (Wildman–Crippen MR) is 85.8 cm³/mol. The molecule has 0 radical (unpaired) electrons. The number of halogens is 1. The zero-order valence-corrected chi connectivity index (χ0v) is 13.6. The molecule has 0 unspecified atom stereocenters. The molecule has 0 heterocycles. The van der Waals surface area contributed by atoms with E-state index in [4.69, 9.17) is 14.7 Å². The van der Waals surface area contributed by atoms with Crippen LogP contribution in [0, 0.1) is 25.2 Å². The number of hydrogen-bond acceptors (Lipinski definition) is 3. The Bertz CT molecular complexity index is 657. The van der Waals surface area contributed by atoms with Gasteiger partial charge in [0.25, 0.3) is 0 Å². The molecule has 2 aromatic rings. The summed E-state index contributed by atoms with van der Waals surface area (Å²) in [6.45, 7) is 5.00. The largest absolute Gasteiger partial charge is 0.490 e. The fourth-order valence-electron chi connectivity index (χ4n) is 2.01. The zero-order valence-electron chi connectivity index (χ0n) is 12.0. The van der Waals surface area contributed by atoms with Crippen LogP contribution in [0.25, 0.3) is 0 Å². The zero-order chi connectivity index (χ0) is 15.2. The Balaban J connectivity index is 1.86. The van der Waals surface area contributed by atoms with E-state index < -0.39 is 0 Å².